The third-order valence-corrected chi connectivity index (χ3v) is 6.82. The van der Waals surface area contributed by atoms with E-state index in [0.717, 1.165) is 15.0 Å². The molecule has 1 atom stereocenters. The van der Waals surface area contributed by atoms with Crippen LogP contribution in [0.25, 0.3) is 5.69 Å². The maximum atomic E-state index is 12.9. The van der Waals surface area contributed by atoms with Crippen LogP contribution in [0.1, 0.15) is 22.8 Å². The Morgan fingerprint density at radius 3 is 2.73 bits per heavy atom. The topological polar surface area (TPSA) is 100 Å². The molecule has 33 heavy (non-hydrogen) atoms. The van der Waals surface area contributed by atoms with Crippen molar-refractivity contribution in [2.75, 3.05) is 0 Å². The number of aromatic nitrogens is 3. The maximum absolute atomic E-state index is 12.9. The highest BCUT2D eigenvalue weighted by Gasteiger charge is 2.27. The van der Waals surface area contributed by atoms with E-state index in [9.17, 15) is 14.7 Å². The van der Waals surface area contributed by atoms with Gasteiger partial charge in [0.05, 0.1) is 17.1 Å². The van der Waals surface area contributed by atoms with Gasteiger partial charge in [0, 0.05) is 34.0 Å². The first-order valence-electron chi connectivity index (χ1n) is 10.1. The average molecular weight is 477 g/mol. The summed E-state index contributed by atoms with van der Waals surface area (Å²) in [6.45, 7) is 0. The number of fused-ring (bicyclic) bond motifs is 1. The fourth-order valence-corrected chi connectivity index (χ4v) is 5.16. The zero-order valence-electron chi connectivity index (χ0n) is 17.1. The quantitative estimate of drug-likeness (QED) is 0.448. The second kappa shape index (κ2) is 8.73. The van der Waals surface area contributed by atoms with Crippen molar-refractivity contribution < 1.29 is 5.11 Å². The second-order valence-corrected chi connectivity index (χ2v) is 9.08. The smallest absolute Gasteiger partial charge is 0.335 e. The summed E-state index contributed by atoms with van der Waals surface area (Å²) >= 11 is 7.69. The number of H-pyrrole nitrogens is 1. The van der Waals surface area contributed by atoms with E-state index in [1.807, 2.05) is 36.4 Å². The summed E-state index contributed by atoms with van der Waals surface area (Å²) in [7, 11) is 0. The molecule has 7 nitrogen and oxygen atoms in total. The zero-order valence-corrected chi connectivity index (χ0v) is 18.7. The summed E-state index contributed by atoms with van der Waals surface area (Å²) < 4.78 is 1.02. The molecule has 0 saturated heterocycles. The lowest BCUT2D eigenvalue weighted by atomic mass is 10.0. The molecule has 2 aromatic heterocycles. The lowest BCUT2D eigenvalue weighted by molar-refractivity contribution is 0.429. The molecule has 1 aliphatic heterocycles. The Balaban J connectivity index is 1.72. The van der Waals surface area contributed by atoms with Gasteiger partial charge < -0.3 is 5.11 Å². The molecule has 0 amide bonds. The SMILES string of the molecule is O=c1[nH]c(=O)n(-c2cccc(Cl)c2)c(O)c1C1=Nc2ccccc2S[C@H](c2cccnc2)C1. The summed E-state index contributed by atoms with van der Waals surface area (Å²) in [5, 5.41) is 11.4. The van der Waals surface area contributed by atoms with Crippen molar-refractivity contribution in [2.24, 2.45) is 4.99 Å². The number of nitrogens with zero attached hydrogens (tertiary/aromatic N) is 3. The van der Waals surface area contributed by atoms with Gasteiger partial charge in [-0.25, -0.2) is 9.36 Å². The third kappa shape index (κ3) is 4.10. The number of benzene rings is 2. The molecule has 0 saturated carbocycles. The lowest BCUT2D eigenvalue weighted by Gasteiger charge is -2.17. The second-order valence-electron chi connectivity index (χ2n) is 7.40. The minimum absolute atomic E-state index is 0.0548. The van der Waals surface area contributed by atoms with E-state index in [4.69, 9.17) is 16.6 Å². The lowest BCUT2D eigenvalue weighted by Crippen LogP contribution is -2.33. The summed E-state index contributed by atoms with van der Waals surface area (Å²) in [5.74, 6) is -0.487. The van der Waals surface area contributed by atoms with Gasteiger partial charge in [0.25, 0.3) is 5.56 Å². The van der Waals surface area contributed by atoms with Gasteiger partial charge in [-0.2, -0.15) is 0 Å². The van der Waals surface area contributed by atoms with Crippen LogP contribution in [0, 0.1) is 0 Å². The fourth-order valence-electron chi connectivity index (χ4n) is 3.76. The number of thioether (sulfide) groups is 1. The minimum Gasteiger partial charge on any atom is -0.493 e. The molecule has 5 rings (SSSR count). The Bertz CT molecular complexity index is 1500. The molecule has 2 aromatic carbocycles. The van der Waals surface area contributed by atoms with E-state index < -0.39 is 17.1 Å². The van der Waals surface area contributed by atoms with E-state index in [1.54, 1.807) is 42.4 Å². The predicted octanol–water partition coefficient (Wildman–Crippen LogP) is 4.64. The zero-order chi connectivity index (χ0) is 22.9. The van der Waals surface area contributed by atoms with E-state index in [-0.39, 0.29) is 10.8 Å². The van der Waals surface area contributed by atoms with Gasteiger partial charge in [-0.05, 0) is 42.0 Å². The summed E-state index contributed by atoms with van der Waals surface area (Å²) in [5.41, 5.74) is 0.821. The van der Waals surface area contributed by atoms with Crippen molar-refractivity contribution in [3.8, 4) is 11.6 Å². The molecule has 0 radical (unpaired) electrons. The highest BCUT2D eigenvalue weighted by atomic mass is 35.5. The van der Waals surface area contributed by atoms with Crippen molar-refractivity contribution in [1.29, 1.82) is 0 Å². The molecule has 0 spiro atoms. The molecule has 0 unspecified atom stereocenters. The van der Waals surface area contributed by atoms with Crippen LogP contribution < -0.4 is 11.2 Å². The molecule has 3 heterocycles. The van der Waals surface area contributed by atoms with Crippen molar-refractivity contribution in [3.63, 3.8) is 0 Å². The van der Waals surface area contributed by atoms with E-state index in [1.165, 1.54) is 6.07 Å². The molecule has 0 bridgehead atoms. The Morgan fingerprint density at radius 2 is 1.94 bits per heavy atom. The average Bonchev–Trinajstić information content (AvgIpc) is 2.99. The van der Waals surface area contributed by atoms with Gasteiger partial charge in [-0.3, -0.25) is 19.8 Å². The van der Waals surface area contributed by atoms with Crippen LogP contribution in [0.4, 0.5) is 5.69 Å². The Kier molecular flexibility index (Phi) is 5.62. The van der Waals surface area contributed by atoms with Gasteiger partial charge in [-0.15, -0.1) is 11.8 Å². The standard InChI is InChI=1S/C24H17ClN4O3S/c25-15-6-3-7-16(11-15)29-23(31)21(22(30)28-24(29)32)18-12-20(14-5-4-10-26-13-14)33-19-9-2-1-8-17(19)27-18/h1-11,13,20,31H,12H2,(H,28,30,32)/t20-/m0/s1. The molecule has 9 heteroatoms. The first kappa shape index (κ1) is 21.2. The number of aromatic amines is 1. The van der Waals surface area contributed by atoms with Gasteiger partial charge in [0.1, 0.15) is 5.56 Å². The highest BCUT2D eigenvalue weighted by Crippen LogP contribution is 2.45. The number of para-hydroxylation sites is 1. The molecule has 2 N–H and O–H groups in total. The largest absolute Gasteiger partial charge is 0.493 e. The number of halogens is 1. The predicted molar refractivity (Wildman–Crippen MR) is 129 cm³/mol. The number of hydrogen-bond donors (Lipinski definition) is 2. The first-order chi connectivity index (χ1) is 16.0. The number of pyridine rings is 1. The van der Waals surface area contributed by atoms with Gasteiger partial charge in [0.2, 0.25) is 5.88 Å². The summed E-state index contributed by atoms with van der Waals surface area (Å²) in [6.07, 6.45) is 3.82. The van der Waals surface area contributed by atoms with Gasteiger partial charge >= 0.3 is 5.69 Å². The van der Waals surface area contributed by atoms with Crippen LogP contribution in [-0.4, -0.2) is 25.4 Å². The van der Waals surface area contributed by atoms with Crippen LogP contribution in [0.3, 0.4) is 0 Å². The maximum Gasteiger partial charge on any atom is 0.335 e. The van der Waals surface area contributed by atoms with Crippen LogP contribution >= 0.6 is 23.4 Å². The van der Waals surface area contributed by atoms with Gasteiger partial charge in [0.15, 0.2) is 0 Å². The van der Waals surface area contributed by atoms with Crippen molar-refractivity contribution in [1.82, 2.24) is 14.5 Å². The normalized spacial score (nSPS) is 15.4. The molecular weight excluding hydrogens is 460 g/mol. The van der Waals surface area contributed by atoms with Crippen molar-refractivity contribution in [2.45, 2.75) is 16.6 Å². The number of rotatable bonds is 3. The molecule has 4 aromatic rings. The molecular formula is C24H17ClN4O3S. The van der Waals surface area contributed by atoms with Crippen LogP contribution in [0.5, 0.6) is 5.88 Å². The van der Waals surface area contributed by atoms with E-state index >= 15 is 0 Å². The number of hydrogen-bond acceptors (Lipinski definition) is 6. The molecule has 0 fully saturated rings. The number of aliphatic imine (C=N–C) groups is 1. The summed E-state index contributed by atoms with van der Waals surface area (Å²) in [4.78, 5) is 37.8. The molecule has 164 valence electrons. The minimum atomic E-state index is -0.767. The van der Waals surface area contributed by atoms with Crippen molar-refractivity contribution >= 4 is 34.8 Å². The number of aromatic hydroxyl groups is 1. The van der Waals surface area contributed by atoms with Crippen molar-refractivity contribution in [3.05, 3.63) is 110 Å². The monoisotopic (exact) mass is 476 g/mol. The fraction of sp³-hybridized carbons (Fsp3) is 0.0833. The highest BCUT2D eigenvalue weighted by molar-refractivity contribution is 7.99. The van der Waals surface area contributed by atoms with Crippen LogP contribution in [0.2, 0.25) is 5.02 Å². The Morgan fingerprint density at radius 1 is 1.09 bits per heavy atom. The summed E-state index contributed by atoms with van der Waals surface area (Å²) in [6, 6.07) is 17.9. The third-order valence-electron chi connectivity index (χ3n) is 5.27. The van der Waals surface area contributed by atoms with Gasteiger partial charge in [-0.1, -0.05) is 35.9 Å². The van der Waals surface area contributed by atoms with Crippen LogP contribution in [-0.2, 0) is 0 Å². The van der Waals surface area contributed by atoms with Crippen LogP contribution in [0.15, 0.2) is 92.5 Å². The Hall–Kier alpha value is -3.62. The van der Waals surface area contributed by atoms with E-state index in [2.05, 4.69) is 9.97 Å². The Labute approximate surface area is 197 Å². The first-order valence-corrected chi connectivity index (χ1v) is 11.3. The molecule has 0 aliphatic carbocycles. The molecule has 1 aliphatic rings. The van der Waals surface area contributed by atoms with E-state index in [0.29, 0.717) is 28.5 Å². The number of nitrogens with one attached hydrogen (secondary N) is 1.